The number of hydrogen-bond donors (Lipinski definition) is 2. The number of nitrogens with one attached hydrogen (secondary N) is 2. The fourth-order valence-electron chi connectivity index (χ4n) is 2.42. The van der Waals surface area contributed by atoms with Gasteiger partial charge in [0.2, 0.25) is 0 Å². The van der Waals surface area contributed by atoms with E-state index >= 15 is 0 Å². The molecular formula is C20H18F2N4O. The monoisotopic (exact) mass is 368 g/mol. The van der Waals surface area contributed by atoms with Crippen LogP contribution in [0.1, 0.15) is 10.4 Å². The third-order valence-electron chi connectivity index (χ3n) is 3.86. The molecule has 0 radical (unpaired) electrons. The molecule has 0 aliphatic heterocycles. The Morgan fingerprint density at radius 2 is 1.74 bits per heavy atom. The Morgan fingerprint density at radius 3 is 2.41 bits per heavy atom. The summed E-state index contributed by atoms with van der Waals surface area (Å²) in [5, 5.41) is 5.54. The van der Waals surface area contributed by atoms with Crippen LogP contribution in [0, 0.1) is 11.6 Å². The molecule has 5 nitrogen and oxygen atoms in total. The average Bonchev–Trinajstić information content (AvgIpc) is 2.65. The molecule has 27 heavy (non-hydrogen) atoms. The van der Waals surface area contributed by atoms with E-state index in [1.54, 1.807) is 6.07 Å². The van der Waals surface area contributed by atoms with Crippen molar-refractivity contribution in [2.45, 2.75) is 0 Å². The highest BCUT2D eigenvalue weighted by Crippen LogP contribution is 2.21. The minimum atomic E-state index is -0.743. The molecule has 3 aromatic rings. The zero-order chi connectivity index (χ0) is 19.4. The highest BCUT2D eigenvalue weighted by Gasteiger charge is 2.10. The van der Waals surface area contributed by atoms with E-state index in [-0.39, 0.29) is 17.4 Å². The van der Waals surface area contributed by atoms with Crippen molar-refractivity contribution in [2.75, 3.05) is 29.6 Å². The predicted octanol–water partition coefficient (Wildman–Crippen LogP) is 4.42. The highest BCUT2D eigenvalue weighted by atomic mass is 19.1. The maximum atomic E-state index is 13.8. The van der Waals surface area contributed by atoms with Crippen LogP contribution in [0.2, 0.25) is 0 Å². The van der Waals surface area contributed by atoms with Gasteiger partial charge in [-0.15, -0.1) is 0 Å². The van der Waals surface area contributed by atoms with Gasteiger partial charge in [0.05, 0.1) is 5.69 Å². The fourth-order valence-corrected chi connectivity index (χ4v) is 2.42. The van der Waals surface area contributed by atoms with Crippen LogP contribution in [-0.2, 0) is 0 Å². The summed E-state index contributed by atoms with van der Waals surface area (Å²) in [6.07, 6.45) is 1.44. The van der Waals surface area contributed by atoms with Gasteiger partial charge in [0.25, 0.3) is 5.91 Å². The lowest BCUT2D eigenvalue weighted by molar-refractivity contribution is 0.102. The average molecular weight is 368 g/mol. The van der Waals surface area contributed by atoms with Gasteiger partial charge in [-0.2, -0.15) is 0 Å². The standard InChI is InChI=1S/C20H18F2N4O/c1-26(2)16-6-4-15(5-7-16)24-20(27)13-9-10-23-19(11-13)25-18-8-3-14(21)12-17(18)22/h3-12H,1-2H3,(H,23,25)(H,24,27). The van der Waals surface area contributed by atoms with E-state index in [0.29, 0.717) is 11.3 Å². The quantitative estimate of drug-likeness (QED) is 0.700. The summed E-state index contributed by atoms with van der Waals surface area (Å²) in [5.74, 6) is -1.46. The molecular weight excluding hydrogens is 350 g/mol. The van der Waals surface area contributed by atoms with E-state index in [1.165, 1.54) is 18.3 Å². The number of pyridine rings is 1. The number of rotatable bonds is 5. The Bertz CT molecular complexity index is 958. The molecule has 1 aromatic heterocycles. The Labute approximate surface area is 155 Å². The Kier molecular flexibility index (Phi) is 5.30. The number of hydrogen-bond acceptors (Lipinski definition) is 4. The number of anilines is 4. The van der Waals surface area contributed by atoms with Gasteiger partial charge >= 0.3 is 0 Å². The van der Waals surface area contributed by atoms with Gasteiger partial charge in [0, 0.05) is 43.3 Å². The number of benzene rings is 2. The van der Waals surface area contributed by atoms with Gasteiger partial charge in [-0.3, -0.25) is 4.79 Å². The topological polar surface area (TPSA) is 57.3 Å². The SMILES string of the molecule is CN(C)c1ccc(NC(=O)c2ccnc(Nc3ccc(F)cc3F)c2)cc1. The summed E-state index contributed by atoms with van der Waals surface area (Å²) in [6, 6.07) is 13.6. The highest BCUT2D eigenvalue weighted by molar-refractivity contribution is 6.04. The minimum Gasteiger partial charge on any atom is -0.378 e. The number of aromatic nitrogens is 1. The smallest absolute Gasteiger partial charge is 0.255 e. The van der Waals surface area contributed by atoms with Crippen LogP contribution < -0.4 is 15.5 Å². The molecule has 1 amide bonds. The van der Waals surface area contributed by atoms with E-state index in [0.717, 1.165) is 17.8 Å². The summed E-state index contributed by atoms with van der Waals surface area (Å²) in [6.45, 7) is 0. The number of halogens is 2. The van der Waals surface area contributed by atoms with Crippen LogP contribution in [0.15, 0.2) is 60.8 Å². The summed E-state index contributed by atoms with van der Waals surface area (Å²) >= 11 is 0. The zero-order valence-electron chi connectivity index (χ0n) is 14.8. The lowest BCUT2D eigenvalue weighted by atomic mass is 10.2. The molecule has 2 aromatic carbocycles. The maximum absolute atomic E-state index is 13.8. The molecule has 7 heteroatoms. The van der Waals surface area contributed by atoms with Crippen molar-refractivity contribution in [3.8, 4) is 0 Å². The third kappa shape index (κ3) is 4.58. The van der Waals surface area contributed by atoms with E-state index in [2.05, 4.69) is 15.6 Å². The number of carbonyl (C=O) groups excluding carboxylic acids is 1. The normalized spacial score (nSPS) is 10.4. The van der Waals surface area contributed by atoms with Gasteiger partial charge in [0.1, 0.15) is 17.5 Å². The van der Waals surface area contributed by atoms with Gasteiger partial charge < -0.3 is 15.5 Å². The number of nitrogens with zero attached hydrogens (tertiary/aromatic N) is 2. The Hall–Kier alpha value is -3.48. The largest absolute Gasteiger partial charge is 0.378 e. The van der Waals surface area contributed by atoms with Gasteiger partial charge in [-0.25, -0.2) is 13.8 Å². The predicted molar refractivity (Wildman–Crippen MR) is 103 cm³/mol. The molecule has 0 bridgehead atoms. The second-order valence-corrected chi connectivity index (χ2v) is 6.07. The summed E-state index contributed by atoms with van der Waals surface area (Å²) in [4.78, 5) is 18.5. The second kappa shape index (κ2) is 7.82. The van der Waals surface area contributed by atoms with Crippen molar-refractivity contribution in [1.29, 1.82) is 0 Å². The summed E-state index contributed by atoms with van der Waals surface area (Å²) in [7, 11) is 3.87. The van der Waals surface area contributed by atoms with Crippen LogP contribution in [-0.4, -0.2) is 25.0 Å². The fraction of sp³-hybridized carbons (Fsp3) is 0.100. The molecule has 3 rings (SSSR count). The molecule has 1 heterocycles. The van der Waals surface area contributed by atoms with E-state index in [1.807, 2.05) is 43.3 Å². The van der Waals surface area contributed by atoms with E-state index < -0.39 is 11.6 Å². The van der Waals surface area contributed by atoms with Crippen LogP contribution in [0.5, 0.6) is 0 Å². The first-order valence-corrected chi connectivity index (χ1v) is 8.19. The lowest BCUT2D eigenvalue weighted by Gasteiger charge is -2.13. The van der Waals surface area contributed by atoms with Gasteiger partial charge in [-0.05, 0) is 48.5 Å². The number of carbonyl (C=O) groups is 1. The Morgan fingerprint density at radius 1 is 1.00 bits per heavy atom. The van der Waals surface area contributed by atoms with Crippen molar-refractivity contribution in [3.63, 3.8) is 0 Å². The molecule has 0 aliphatic rings. The van der Waals surface area contributed by atoms with Crippen molar-refractivity contribution in [1.82, 2.24) is 4.98 Å². The Balaban J connectivity index is 1.73. The first-order chi connectivity index (χ1) is 12.9. The lowest BCUT2D eigenvalue weighted by Crippen LogP contribution is -2.13. The molecule has 0 fully saturated rings. The van der Waals surface area contributed by atoms with Crippen LogP contribution in [0.4, 0.5) is 31.7 Å². The minimum absolute atomic E-state index is 0.0701. The number of amides is 1. The van der Waals surface area contributed by atoms with Crippen LogP contribution in [0.25, 0.3) is 0 Å². The second-order valence-electron chi connectivity index (χ2n) is 6.07. The molecule has 0 unspecified atom stereocenters. The first-order valence-electron chi connectivity index (χ1n) is 8.19. The third-order valence-corrected chi connectivity index (χ3v) is 3.86. The van der Waals surface area contributed by atoms with Gasteiger partial charge in [0.15, 0.2) is 0 Å². The van der Waals surface area contributed by atoms with Crippen molar-refractivity contribution in [3.05, 3.63) is 78.0 Å². The molecule has 138 valence electrons. The summed E-state index contributed by atoms with van der Waals surface area (Å²) < 4.78 is 26.8. The van der Waals surface area contributed by atoms with Crippen LogP contribution >= 0.6 is 0 Å². The van der Waals surface area contributed by atoms with Crippen molar-refractivity contribution in [2.24, 2.45) is 0 Å². The maximum Gasteiger partial charge on any atom is 0.255 e. The molecule has 0 saturated heterocycles. The van der Waals surface area contributed by atoms with Gasteiger partial charge in [-0.1, -0.05) is 0 Å². The molecule has 0 atom stereocenters. The van der Waals surface area contributed by atoms with E-state index in [4.69, 9.17) is 0 Å². The molecule has 0 spiro atoms. The molecule has 0 saturated carbocycles. The van der Waals surface area contributed by atoms with E-state index in [9.17, 15) is 13.6 Å². The zero-order valence-corrected chi connectivity index (χ0v) is 14.8. The first kappa shape index (κ1) is 18.3. The van der Waals surface area contributed by atoms with Crippen molar-refractivity contribution >= 4 is 28.8 Å². The molecule has 2 N–H and O–H groups in total. The molecule has 0 aliphatic carbocycles. The summed E-state index contributed by atoms with van der Waals surface area (Å²) in [5.41, 5.74) is 2.10. The van der Waals surface area contributed by atoms with Crippen LogP contribution in [0.3, 0.4) is 0 Å². The van der Waals surface area contributed by atoms with Crippen molar-refractivity contribution < 1.29 is 13.6 Å².